The molecule has 6 nitrogen and oxygen atoms in total. The predicted octanol–water partition coefficient (Wildman–Crippen LogP) is 5.99. The number of nitrogens with zero attached hydrogens (tertiary/aromatic N) is 3. The number of methoxy groups -OCH3 is 1. The summed E-state index contributed by atoms with van der Waals surface area (Å²) in [5.41, 5.74) is 6.40. The molecule has 1 aliphatic heterocycles. The van der Waals surface area contributed by atoms with E-state index >= 15 is 0 Å². The molecule has 0 aliphatic carbocycles. The van der Waals surface area contributed by atoms with Crippen LogP contribution >= 0.6 is 0 Å². The average molecular weight is 496 g/mol. The van der Waals surface area contributed by atoms with Crippen LogP contribution in [0.2, 0.25) is 0 Å². The lowest BCUT2D eigenvalue weighted by Crippen LogP contribution is -2.25. The Bertz CT molecular complexity index is 1460. The Balaban J connectivity index is 1.38. The van der Waals surface area contributed by atoms with Crippen LogP contribution in [0, 0.1) is 13.8 Å². The van der Waals surface area contributed by atoms with Gasteiger partial charge in [-0.05, 0) is 61.7 Å². The lowest BCUT2D eigenvalue weighted by atomic mass is 10.1. The van der Waals surface area contributed by atoms with Crippen LogP contribution in [0.4, 0.5) is 5.69 Å². The van der Waals surface area contributed by atoms with Crippen LogP contribution in [0.3, 0.4) is 0 Å². The van der Waals surface area contributed by atoms with E-state index < -0.39 is 0 Å². The highest BCUT2D eigenvalue weighted by atomic mass is 16.5. The number of carbonyl (C=O) groups is 1. The molecule has 1 atom stereocenters. The van der Waals surface area contributed by atoms with E-state index in [0.29, 0.717) is 37.6 Å². The van der Waals surface area contributed by atoms with Crippen LogP contribution in [-0.2, 0) is 17.8 Å². The summed E-state index contributed by atoms with van der Waals surface area (Å²) in [6.45, 7) is 9.62. The lowest BCUT2D eigenvalue weighted by molar-refractivity contribution is -0.117. The Labute approximate surface area is 218 Å². The van der Waals surface area contributed by atoms with Gasteiger partial charge in [0.05, 0.1) is 24.7 Å². The number of benzene rings is 3. The minimum Gasteiger partial charge on any atom is -0.493 e. The zero-order chi connectivity index (χ0) is 25.9. The largest absolute Gasteiger partial charge is 0.493 e. The van der Waals surface area contributed by atoms with E-state index in [0.717, 1.165) is 40.1 Å². The highest BCUT2D eigenvalue weighted by molar-refractivity contribution is 5.97. The number of aromatic nitrogens is 2. The van der Waals surface area contributed by atoms with Crippen LogP contribution < -0.4 is 14.4 Å². The third kappa shape index (κ3) is 4.96. The zero-order valence-electron chi connectivity index (χ0n) is 21.7. The van der Waals surface area contributed by atoms with E-state index in [2.05, 4.69) is 49.3 Å². The summed E-state index contributed by atoms with van der Waals surface area (Å²) in [6, 6.07) is 20.3. The molecule has 0 spiro atoms. The molecule has 6 heteroatoms. The summed E-state index contributed by atoms with van der Waals surface area (Å²) in [5, 5.41) is 0. The Morgan fingerprint density at radius 1 is 1.08 bits per heavy atom. The number of para-hydroxylation sites is 2. The minimum absolute atomic E-state index is 0.00771. The van der Waals surface area contributed by atoms with Gasteiger partial charge in [-0.1, -0.05) is 42.0 Å². The van der Waals surface area contributed by atoms with Gasteiger partial charge in [0.2, 0.25) is 5.91 Å². The number of rotatable bonds is 9. The van der Waals surface area contributed by atoms with E-state index in [1.165, 1.54) is 5.56 Å². The predicted molar refractivity (Wildman–Crippen MR) is 148 cm³/mol. The number of amides is 1. The van der Waals surface area contributed by atoms with Crippen molar-refractivity contribution in [1.82, 2.24) is 9.55 Å². The summed E-state index contributed by atoms with van der Waals surface area (Å²) >= 11 is 0. The van der Waals surface area contributed by atoms with Gasteiger partial charge in [0, 0.05) is 24.6 Å². The van der Waals surface area contributed by atoms with Crippen LogP contribution in [0.1, 0.15) is 34.9 Å². The summed E-state index contributed by atoms with van der Waals surface area (Å²) in [7, 11) is 1.65. The highest BCUT2D eigenvalue weighted by Gasteiger charge is 2.35. The number of carbonyl (C=O) groups excluding carboxylic acids is 1. The molecular formula is C31H33N3O3. The molecule has 1 unspecified atom stereocenters. The quantitative estimate of drug-likeness (QED) is 0.268. The fourth-order valence-corrected chi connectivity index (χ4v) is 5.23. The van der Waals surface area contributed by atoms with Gasteiger partial charge < -0.3 is 18.9 Å². The van der Waals surface area contributed by atoms with Crippen molar-refractivity contribution in [3.63, 3.8) is 0 Å². The molecule has 1 aliphatic rings. The standard InChI is InChI=1S/C31H33N3O3/c1-5-8-23-12-14-28(29(18-23)36-4)37-16-15-33-27-10-7-6-9-25(27)32-31(33)24-19-30(35)34(20-24)26-13-11-21(2)17-22(26)3/h5-7,9-14,17-18,24H,1,8,15-16,19-20H2,2-4H3. The number of allylic oxidation sites excluding steroid dienone is 1. The maximum Gasteiger partial charge on any atom is 0.227 e. The smallest absolute Gasteiger partial charge is 0.227 e. The Morgan fingerprint density at radius 3 is 2.70 bits per heavy atom. The molecule has 0 N–H and O–H groups in total. The highest BCUT2D eigenvalue weighted by Crippen LogP contribution is 2.35. The topological polar surface area (TPSA) is 56.6 Å². The first-order valence-electron chi connectivity index (χ1n) is 12.7. The van der Waals surface area contributed by atoms with Gasteiger partial charge in [-0.25, -0.2) is 4.98 Å². The summed E-state index contributed by atoms with van der Waals surface area (Å²) in [6.07, 6.45) is 3.09. The first-order chi connectivity index (χ1) is 18.0. The van der Waals surface area contributed by atoms with Crippen molar-refractivity contribution in [2.75, 3.05) is 25.2 Å². The number of imidazole rings is 1. The Kier molecular flexibility index (Phi) is 6.99. The summed E-state index contributed by atoms with van der Waals surface area (Å²) in [5.74, 6) is 2.49. The zero-order valence-corrected chi connectivity index (χ0v) is 21.7. The van der Waals surface area contributed by atoms with Crippen LogP contribution in [0.15, 0.2) is 73.3 Å². The summed E-state index contributed by atoms with van der Waals surface area (Å²) in [4.78, 5) is 20.0. The first-order valence-corrected chi connectivity index (χ1v) is 12.7. The summed E-state index contributed by atoms with van der Waals surface area (Å²) < 4.78 is 13.9. The number of hydrogen-bond acceptors (Lipinski definition) is 4. The molecular weight excluding hydrogens is 462 g/mol. The second kappa shape index (κ2) is 10.5. The molecule has 1 amide bonds. The van der Waals surface area contributed by atoms with Crippen molar-refractivity contribution >= 4 is 22.6 Å². The average Bonchev–Trinajstić information content (AvgIpc) is 3.45. The van der Waals surface area contributed by atoms with Crippen LogP contribution in [0.5, 0.6) is 11.5 Å². The Hall–Kier alpha value is -4.06. The third-order valence-electron chi connectivity index (χ3n) is 7.00. The molecule has 5 rings (SSSR count). The molecule has 4 aromatic rings. The maximum atomic E-state index is 13.1. The van der Waals surface area contributed by atoms with E-state index in [4.69, 9.17) is 14.5 Å². The van der Waals surface area contributed by atoms with E-state index in [-0.39, 0.29) is 11.8 Å². The van der Waals surface area contributed by atoms with Gasteiger partial charge >= 0.3 is 0 Å². The van der Waals surface area contributed by atoms with Gasteiger partial charge in [0.1, 0.15) is 12.4 Å². The van der Waals surface area contributed by atoms with Crippen molar-refractivity contribution in [2.45, 2.75) is 39.2 Å². The normalized spacial score (nSPS) is 15.4. The molecule has 1 saturated heterocycles. The molecule has 3 aromatic carbocycles. The van der Waals surface area contributed by atoms with Gasteiger partial charge in [-0.2, -0.15) is 0 Å². The van der Waals surface area contributed by atoms with E-state index in [9.17, 15) is 4.79 Å². The molecule has 190 valence electrons. The van der Waals surface area contributed by atoms with Crippen LogP contribution in [0.25, 0.3) is 11.0 Å². The van der Waals surface area contributed by atoms with Crippen molar-refractivity contribution in [3.05, 3.63) is 95.8 Å². The van der Waals surface area contributed by atoms with Crippen molar-refractivity contribution in [3.8, 4) is 11.5 Å². The number of ether oxygens (including phenoxy) is 2. The molecule has 1 aromatic heterocycles. The number of hydrogen-bond donors (Lipinski definition) is 0. The molecule has 0 bridgehead atoms. The van der Waals surface area contributed by atoms with E-state index in [1.807, 2.05) is 47.4 Å². The van der Waals surface area contributed by atoms with Crippen molar-refractivity contribution in [1.29, 1.82) is 0 Å². The molecule has 37 heavy (non-hydrogen) atoms. The van der Waals surface area contributed by atoms with Gasteiger partial charge in [-0.3, -0.25) is 4.79 Å². The Morgan fingerprint density at radius 2 is 1.92 bits per heavy atom. The van der Waals surface area contributed by atoms with E-state index in [1.54, 1.807) is 7.11 Å². The van der Waals surface area contributed by atoms with Crippen molar-refractivity contribution in [2.24, 2.45) is 0 Å². The second-order valence-corrected chi connectivity index (χ2v) is 9.63. The maximum absolute atomic E-state index is 13.1. The third-order valence-corrected chi connectivity index (χ3v) is 7.00. The van der Waals surface area contributed by atoms with Crippen molar-refractivity contribution < 1.29 is 14.3 Å². The lowest BCUT2D eigenvalue weighted by Gasteiger charge is -2.20. The fourth-order valence-electron chi connectivity index (χ4n) is 5.23. The van der Waals surface area contributed by atoms with Crippen LogP contribution in [-0.4, -0.2) is 35.7 Å². The fraction of sp³-hybridized carbons (Fsp3) is 0.290. The molecule has 0 radical (unpaired) electrons. The van der Waals surface area contributed by atoms with Gasteiger partial charge in [0.15, 0.2) is 11.5 Å². The second-order valence-electron chi connectivity index (χ2n) is 9.63. The number of aryl methyl sites for hydroxylation is 2. The number of fused-ring (bicyclic) bond motifs is 1. The minimum atomic E-state index is 0.00771. The number of anilines is 1. The molecule has 0 saturated carbocycles. The SMILES string of the molecule is C=CCc1ccc(OCCn2c(C3CC(=O)N(c4ccc(C)cc4C)C3)nc3ccccc32)c(OC)c1. The van der Waals surface area contributed by atoms with Gasteiger partial charge in [-0.15, -0.1) is 6.58 Å². The molecule has 2 heterocycles. The van der Waals surface area contributed by atoms with Gasteiger partial charge in [0.25, 0.3) is 0 Å². The molecule has 1 fully saturated rings. The monoisotopic (exact) mass is 495 g/mol. The first kappa shape index (κ1) is 24.6.